The molecule has 0 aliphatic heterocycles. The normalized spacial score (nSPS) is 17.4. The van der Waals surface area contributed by atoms with Crippen LogP contribution in [0.1, 0.15) is 26.7 Å². The summed E-state index contributed by atoms with van der Waals surface area (Å²) in [6, 6.07) is 0. The average molecular weight is 116 g/mol. The highest BCUT2D eigenvalue weighted by Gasteiger charge is 2.16. The van der Waals surface area contributed by atoms with Crippen LogP contribution in [-0.2, 0) is 0 Å². The van der Waals surface area contributed by atoms with E-state index in [0.29, 0.717) is 12.8 Å². The largest absolute Gasteiger partial charge is 0.244 e. The molecular formula is C7H13F. The van der Waals surface area contributed by atoms with Gasteiger partial charge in [0.15, 0.2) is 0 Å². The second-order valence-corrected chi connectivity index (χ2v) is 2.26. The Balaban J connectivity index is 3.53. The molecule has 1 atom stereocenters. The molecule has 1 heteroatoms. The molecule has 0 amide bonds. The molecule has 0 bridgehead atoms. The molecule has 0 N–H and O–H groups in total. The molecule has 0 fully saturated rings. The Labute approximate surface area is 50.4 Å². The summed E-state index contributed by atoms with van der Waals surface area (Å²) >= 11 is 0. The van der Waals surface area contributed by atoms with Crippen LogP contribution in [0.15, 0.2) is 12.7 Å². The van der Waals surface area contributed by atoms with Crippen LogP contribution in [0.2, 0.25) is 0 Å². The Kier molecular flexibility index (Phi) is 2.74. The van der Waals surface area contributed by atoms with Crippen molar-refractivity contribution in [2.45, 2.75) is 32.4 Å². The number of allylic oxidation sites excluding steroid dienone is 1. The van der Waals surface area contributed by atoms with Crippen molar-refractivity contribution in [1.29, 1.82) is 0 Å². The Bertz CT molecular complexity index is 74.5. The monoisotopic (exact) mass is 116 g/mol. The van der Waals surface area contributed by atoms with Crippen molar-refractivity contribution in [2.75, 3.05) is 0 Å². The third-order valence-electron chi connectivity index (χ3n) is 1.31. The van der Waals surface area contributed by atoms with Crippen LogP contribution < -0.4 is 0 Å². The summed E-state index contributed by atoms with van der Waals surface area (Å²) < 4.78 is 12.7. The molecule has 0 radical (unpaired) electrons. The third-order valence-corrected chi connectivity index (χ3v) is 1.31. The van der Waals surface area contributed by atoms with E-state index in [9.17, 15) is 4.39 Å². The number of hydrogen-bond donors (Lipinski definition) is 0. The maximum atomic E-state index is 12.7. The minimum absolute atomic E-state index is 0.462. The van der Waals surface area contributed by atoms with Crippen molar-refractivity contribution in [1.82, 2.24) is 0 Å². The van der Waals surface area contributed by atoms with Gasteiger partial charge in [0.2, 0.25) is 0 Å². The SMILES string of the molecule is C=CCC(C)(F)CC. The van der Waals surface area contributed by atoms with E-state index in [4.69, 9.17) is 0 Å². The topological polar surface area (TPSA) is 0 Å². The van der Waals surface area contributed by atoms with E-state index in [-0.39, 0.29) is 0 Å². The Morgan fingerprint density at radius 2 is 2.25 bits per heavy atom. The van der Waals surface area contributed by atoms with Gasteiger partial charge in [0.1, 0.15) is 5.67 Å². The summed E-state index contributed by atoms with van der Waals surface area (Å²) in [6.07, 6.45) is 2.64. The van der Waals surface area contributed by atoms with E-state index >= 15 is 0 Å². The molecule has 0 aliphatic rings. The van der Waals surface area contributed by atoms with Gasteiger partial charge in [0.05, 0.1) is 0 Å². The first-order valence-electron chi connectivity index (χ1n) is 2.92. The van der Waals surface area contributed by atoms with Crippen LogP contribution >= 0.6 is 0 Å². The fourth-order valence-corrected chi connectivity index (χ4v) is 0.445. The van der Waals surface area contributed by atoms with Crippen molar-refractivity contribution < 1.29 is 4.39 Å². The molecule has 0 saturated carbocycles. The van der Waals surface area contributed by atoms with Crippen molar-refractivity contribution in [3.8, 4) is 0 Å². The second kappa shape index (κ2) is 2.85. The minimum Gasteiger partial charge on any atom is -0.244 e. The van der Waals surface area contributed by atoms with Gasteiger partial charge in [-0.25, -0.2) is 4.39 Å². The molecule has 8 heavy (non-hydrogen) atoms. The van der Waals surface area contributed by atoms with E-state index in [1.165, 1.54) is 0 Å². The molecule has 1 unspecified atom stereocenters. The molecule has 0 rings (SSSR count). The van der Waals surface area contributed by atoms with Gasteiger partial charge in [0.25, 0.3) is 0 Å². The minimum atomic E-state index is -1.03. The first kappa shape index (κ1) is 7.67. The number of rotatable bonds is 3. The van der Waals surface area contributed by atoms with E-state index in [2.05, 4.69) is 6.58 Å². The maximum absolute atomic E-state index is 12.7. The maximum Gasteiger partial charge on any atom is 0.111 e. The van der Waals surface area contributed by atoms with E-state index in [1.54, 1.807) is 13.0 Å². The lowest BCUT2D eigenvalue weighted by Crippen LogP contribution is -2.13. The molecule has 0 aromatic heterocycles. The lowest BCUT2D eigenvalue weighted by Gasteiger charge is -2.14. The summed E-state index contributed by atoms with van der Waals surface area (Å²) in [5.74, 6) is 0. The van der Waals surface area contributed by atoms with Crippen molar-refractivity contribution >= 4 is 0 Å². The fourth-order valence-electron chi connectivity index (χ4n) is 0.445. The van der Waals surface area contributed by atoms with E-state index in [0.717, 1.165) is 0 Å². The first-order chi connectivity index (χ1) is 3.62. The summed E-state index contributed by atoms with van der Waals surface area (Å²) in [5, 5.41) is 0. The van der Waals surface area contributed by atoms with E-state index < -0.39 is 5.67 Å². The Hall–Kier alpha value is -0.330. The highest BCUT2D eigenvalue weighted by atomic mass is 19.1. The molecule has 0 aromatic rings. The quantitative estimate of drug-likeness (QED) is 0.497. The average Bonchev–Trinajstić information content (AvgIpc) is 1.67. The zero-order valence-electron chi connectivity index (χ0n) is 5.58. The predicted molar refractivity (Wildman–Crippen MR) is 34.6 cm³/mol. The molecule has 0 spiro atoms. The summed E-state index contributed by atoms with van der Waals surface area (Å²) in [7, 11) is 0. The molecule has 0 nitrogen and oxygen atoms in total. The van der Waals surface area contributed by atoms with Crippen molar-refractivity contribution in [3.05, 3.63) is 12.7 Å². The van der Waals surface area contributed by atoms with Crippen LogP contribution in [0.3, 0.4) is 0 Å². The van der Waals surface area contributed by atoms with Gasteiger partial charge in [-0.15, -0.1) is 6.58 Å². The molecule has 0 saturated heterocycles. The number of halogens is 1. The van der Waals surface area contributed by atoms with Gasteiger partial charge in [-0.05, 0) is 19.8 Å². The molecular weight excluding hydrogens is 103 g/mol. The lowest BCUT2D eigenvalue weighted by atomic mass is 10.0. The molecule has 48 valence electrons. The van der Waals surface area contributed by atoms with Crippen LogP contribution in [-0.4, -0.2) is 5.67 Å². The highest BCUT2D eigenvalue weighted by Crippen LogP contribution is 2.18. The Morgan fingerprint density at radius 3 is 2.38 bits per heavy atom. The van der Waals surface area contributed by atoms with Gasteiger partial charge in [0, 0.05) is 0 Å². The van der Waals surface area contributed by atoms with Gasteiger partial charge in [-0.3, -0.25) is 0 Å². The lowest BCUT2D eigenvalue weighted by molar-refractivity contribution is 0.187. The first-order valence-corrected chi connectivity index (χ1v) is 2.92. The molecule has 0 heterocycles. The van der Waals surface area contributed by atoms with Crippen LogP contribution in [0.4, 0.5) is 4.39 Å². The van der Waals surface area contributed by atoms with Gasteiger partial charge < -0.3 is 0 Å². The fraction of sp³-hybridized carbons (Fsp3) is 0.714. The summed E-state index contributed by atoms with van der Waals surface area (Å²) in [5.41, 5.74) is -1.03. The van der Waals surface area contributed by atoms with Crippen molar-refractivity contribution in [2.24, 2.45) is 0 Å². The van der Waals surface area contributed by atoms with Crippen molar-refractivity contribution in [3.63, 3.8) is 0 Å². The van der Waals surface area contributed by atoms with Crippen LogP contribution in [0, 0.1) is 0 Å². The summed E-state index contributed by atoms with van der Waals surface area (Å²) in [6.45, 7) is 6.88. The van der Waals surface area contributed by atoms with Crippen LogP contribution in [0.25, 0.3) is 0 Å². The van der Waals surface area contributed by atoms with Gasteiger partial charge >= 0.3 is 0 Å². The van der Waals surface area contributed by atoms with E-state index in [1.807, 2.05) is 6.92 Å². The van der Waals surface area contributed by atoms with Gasteiger partial charge in [-0.1, -0.05) is 13.0 Å². The number of hydrogen-bond acceptors (Lipinski definition) is 0. The predicted octanol–water partition coefficient (Wildman–Crippen LogP) is 2.70. The van der Waals surface area contributed by atoms with Crippen LogP contribution in [0.5, 0.6) is 0 Å². The van der Waals surface area contributed by atoms with Gasteiger partial charge in [-0.2, -0.15) is 0 Å². The smallest absolute Gasteiger partial charge is 0.111 e. The Morgan fingerprint density at radius 1 is 1.75 bits per heavy atom. The molecule has 0 aliphatic carbocycles. The molecule has 0 aromatic carbocycles. The summed E-state index contributed by atoms with van der Waals surface area (Å²) in [4.78, 5) is 0. The standard InChI is InChI=1S/C7H13F/c1-4-6-7(3,8)5-2/h4H,1,5-6H2,2-3H3. The highest BCUT2D eigenvalue weighted by molar-refractivity contribution is 4.81. The third kappa shape index (κ3) is 2.78. The zero-order valence-corrected chi connectivity index (χ0v) is 5.58. The zero-order chi connectivity index (χ0) is 6.62. The second-order valence-electron chi connectivity index (χ2n) is 2.26. The number of alkyl halides is 1.